The number of nitrogens with one attached hydrogen (secondary N) is 2. The first-order valence-electron chi connectivity index (χ1n) is 10.3. The lowest BCUT2D eigenvalue weighted by Gasteiger charge is -2.12. The number of hydrogen-bond donors (Lipinski definition) is 2. The Morgan fingerprint density at radius 1 is 0.970 bits per heavy atom. The van der Waals surface area contributed by atoms with Crippen molar-refractivity contribution in [1.82, 2.24) is 5.32 Å². The maximum Gasteiger partial charge on any atom is 0.261 e. The number of amides is 1. The molecule has 9 heteroatoms. The van der Waals surface area contributed by atoms with Crippen LogP contribution < -0.4 is 24.2 Å². The monoisotopic (exact) mass is 468 g/mol. The Hall–Kier alpha value is -3.72. The molecule has 1 aliphatic rings. The normalized spacial score (nSPS) is 12.3. The predicted octanol–water partition coefficient (Wildman–Crippen LogP) is 3.53. The molecule has 0 fully saturated rings. The zero-order valence-electron chi connectivity index (χ0n) is 18.3. The SMILES string of the molecule is Cc1ccc(C)c(NS(=O)(=O)c2ccc(OCC(=O)NCc3ccc4c(c3)OCO4)cc2)c1. The van der Waals surface area contributed by atoms with Gasteiger partial charge in [0, 0.05) is 6.54 Å². The fourth-order valence-corrected chi connectivity index (χ4v) is 4.34. The summed E-state index contributed by atoms with van der Waals surface area (Å²) in [5.74, 6) is 1.42. The van der Waals surface area contributed by atoms with Crippen LogP contribution in [0.5, 0.6) is 17.2 Å². The predicted molar refractivity (Wildman–Crippen MR) is 123 cm³/mol. The average molecular weight is 469 g/mol. The summed E-state index contributed by atoms with van der Waals surface area (Å²) < 4.78 is 44.1. The zero-order chi connectivity index (χ0) is 23.4. The highest BCUT2D eigenvalue weighted by Crippen LogP contribution is 2.32. The molecule has 8 nitrogen and oxygen atoms in total. The van der Waals surface area contributed by atoms with Gasteiger partial charge in [-0.05, 0) is 73.0 Å². The maximum absolute atomic E-state index is 12.7. The van der Waals surface area contributed by atoms with Crippen LogP contribution in [-0.2, 0) is 21.4 Å². The fourth-order valence-electron chi connectivity index (χ4n) is 3.22. The summed E-state index contributed by atoms with van der Waals surface area (Å²) in [7, 11) is -3.75. The highest BCUT2D eigenvalue weighted by atomic mass is 32.2. The summed E-state index contributed by atoms with van der Waals surface area (Å²) in [5, 5.41) is 2.77. The standard InChI is InChI=1S/C24H24N2O6S/c1-16-3-4-17(2)21(11-16)26-33(28,29)20-8-6-19(7-9-20)30-14-24(27)25-13-18-5-10-22-23(12-18)32-15-31-22/h3-12,26H,13-15H2,1-2H3,(H,25,27). The van der Waals surface area contributed by atoms with Crippen LogP contribution in [0.4, 0.5) is 5.69 Å². The van der Waals surface area contributed by atoms with E-state index in [2.05, 4.69) is 10.0 Å². The summed E-state index contributed by atoms with van der Waals surface area (Å²) >= 11 is 0. The van der Waals surface area contributed by atoms with E-state index < -0.39 is 10.0 Å². The molecule has 0 saturated carbocycles. The van der Waals surface area contributed by atoms with E-state index in [1.54, 1.807) is 12.1 Å². The minimum Gasteiger partial charge on any atom is -0.484 e. The van der Waals surface area contributed by atoms with E-state index >= 15 is 0 Å². The number of fused-ring (bicyclic) bond motifs is 1. The molecule has 0 bridgehead atoms. The maximum atomic E-state index is 12.7. The zero-order valence-corrected chi connectivity index (χ0v) is 19.1. The molecule has 2 N–H and O–H groups in total. The Balaban J connectivity index is 1.30. The van der Waals surface area contributed by atoms with Crippen molar-refractivity contribution < 1.29 is 27.4 Å². The summed E-state index contributed by atoms with van der Waals surface area (Å²) in [6, 6.07) is 16.9. The van der Waals surface area contributed by atoms with Crippen molar-refractivity contribution in [2.24, 2.45) is 0 Å². The van der Waals surface area contributed by atoms with Crippen molar-refractivity contribution in [1.29, 1.82) is 0 Å². The minimum atomic E-state index is -3.75. The number of sulfonamides is 1. The second kappa shape index (κ2) is 9.41. The van der Waals surface area contributed by atoms with E-state index in [4.69, 9.17) is 14.2 Å². The van der Waals surface area contributed by atoms with Gasteiger partial charge in [0.2, 0.25) is 6.79 Å². The molecule has 1 aliphatic heterocycles. The van der Waals surface area contributed by atoms with Crippen LogP contribution in [0.3, 0.4) is 0 Å². The number of carbonyl (C=O) groups excluding carboxylic acids is 1. The van der Waals surface area contributed by atoms with Gasteiger partial charge in [-0.15, -0.1) is 0 Å². The van der Waals surface area contributed by atoms with Crippen molar-refractivity contribution >= 4 is 21.6 Å². The lowest BCUT2D eigenvalue weighted by Crippen LogP contribution is -2.28. The molecule has 0 radical (unpaired) electrons. The van der Waals surface area contributed by atoms with E-state index in [0.717, 1.165) is 16.7 Å². The molecule has 3 aromatic rings. The van der Waals surface area contributed by atoms with Crippen LogP contribution >= 0.6 is 0 Å². The lowest BCUT2D eigenvalue weighted by molar-refractivity contribution is -0.123. The van der Waals surface area contributed by atoms with Gasteiger partial charge in [0.15, 0.2) is 18.1 Å². The molecule has 0 aromatic heterocycles. The van der Waals surface area contributed by atoms with E-state index in [9.17, 15) is 13.2 Å². The molecule has 0 atom stereocenters. The number of carbonyl (C=O) groups is 1. The number of ether oxygens (including phenoxy) is 3. The van der Waals surface area contributed by atoms with Gasteiger partial charge in [-0.25, -0.2) is 8.42 Å². The molecule has 33 heavy (non-hydrogen) atoms. The van der Waals surface area contributed by atoms with E-state index in [1.807, 2.05) is 38.1 Å². The Morgan fingerprint density at radius 3 is 2.52 bits per heavy atom. The molecule has 0 aliphatic carbocycles. The number of benzene rings is 3. The number of anilines is 1. The number of aryl methyl sites for hydroxylation is 2. The quantitative estimate of drug-likeness (QED) is 0.524. The van der Waals surface area contributed by atoms with Crippen molar-refractivity contribution in [2.75, 3.05) is 18.1 Å². The molecule has 0 unspecified atom stereocenters. The van der Waals surface area contributed by atoms with Gasteiger partial charge in [-0.3, -0.25) is 9.52 Å². The third kappa shape index (κ3) is 5.56. The molecule has 172 valence electrons. The first kappa shape index (κ1) is 22.5. The molecule has 1 amide bonds. The van der Waals surface area contributed by atoms with Crippen LogP contribution in [0.1, 0.15) is 16.7 Å². The molecule has 1 heterocycles. The first-order valence-corrected chi connectivity index (χ1v) is 11.8. The van der Waals surface area contributed by atoms with Crippen LogP contribution in [0.15, 0.2) is 65.6 Å². The molecule has 3 aromatic carbocycles. The Kier molecular flexibility index (Phi) is 6.41. The molecular weight excluding hydrogens is 444 g/mol. The smallest absolute Gasteiger partial charge is 0.261 e. The second-order valence-electron chi connectivity index (χ2n) is 7.65. The summed E-state index contributed by atoms with van der Waals surface area (Å²) in [5.41, 5.74) is 3.20. The van der Waals surface area contributed by atoms with E-state index in [0.29, 0.717) is 29.5 Å². The molecular formula is C24H24N2O6S. The fraction of sp³-hybridized carbons (Fsp3) is 0.208. The van der Waals surface area contributed by atoms with Crippen molar-refractivity contribution in [3.63, 3.8) is 0 Å². The molecule has 0 spiro atoms. The third-order valence-electron chi connectivity index (χ3n) is 5.07. The first-order chi connectivity index (χ1) is 15.8. The minimum absolute atomic E-state index is 0.100. The van der Waals surface area contributed by atoms with Gasteiger partial charge in [0.1, 0.15) is 5.75 Å². The second-order valence-corrected chi connectivity index (χ2v) is 9.33. The molecule has 4 rings (SSSR count). The number of rotatable bonds is 8. The van der Waals surface area contributed by atoms with Gasteiger partial charge < -0.3 is 19.5 Å². The van der Waals surface area contributed by atoms with Crippen LogP contribution in [-0.4, -0.2) is 27.7 Å². The van der Waals surface area contributed by atoms with E-state index in [-0.39, 0.29) is 24.2 Å². The van der Waals surface area contributed by atoms with Crippen molar-refractivity contribution in [3.05, 3.63) is 77.4 Å². The summed E-state index contributed by atoms with van der Waals surface area (Å²) in [6.07, 6.45) is 0. The van der Waals surface area contributed by atoms with Gasteiger partial charge in [-0.2, -0.15) is 0 Å². The summed E-state index contributed by atoms with van der Waals surface area (Å²) in [4.78, 5) is 12.2. The van der Waals surface area contributed by atoms with E-state index in [1.165, 1.54) is 24.3 Å². The Morgan fingerprint density at radius 2 is 1.73 bits per heavy atom. The highest BCUT2D eigenvalue weighted by Gasteiger charge is 2.16. The molecule has 0 saturated heterocycles. The number of hydrogen-bond acceptors (Lipinski definition) is 6. The van der Waals surface area contributed by atoms with Crippen LogP contribution in [0, 0.1) is 13.8 Å². The van der Waals surface area contributed by atoms with Crippen LogP contribution in [0.25, 0.3) is 0 Å². The highest BCUT2D eigenvalue weighted by molar-refractivity contribution is 7.92. The van der Waals surface area contributed by atoms with Crippen molar-refractivity contribution in [3.8, 4) is 17.2 Å². The van der Waals surface area contributed by atoms with Gasteiger partial charge >= 0.3 is 0 Å². The lowest BCUT2D eigenvalue weighted by atomic mass is 10.1. The topological polar surface area (TPSA) is 103 Å². The van der Waals surface area contributed by atoms with Crippen molar-refractivity contribution in [2.45, 2.75) is 25.3 Å². The Bertz CT molecular complexity index is 1270. The van der Waals surface area contributed by atoms with Gasteiger partial charge in [-0.1, -0.05) is 18.2 Å². The largest absolute Gasteiger partial charge is 0.484 e. The average Bonchev–Trinajstić information content (AvgIpc) is 3.27. The summed E-state index contributed by atoms with van der Waals surface area (Å²) in [6.45, 7) is 4.05. The van der Waals surface area contributed by atoms with Gasteiger partial charge in [0.05, 0.1) is 10.6 Å². The van der Waals surface area contributed by atoms with Gasteiger partial charge in [0.25, 0.3) is 15.9 Å². The third-order valence-corrected chi connectivity index (χ3v) is 6.45. The Labute approximate surface area is 192 Å². The van der Waals surface area contributed by atoms with Crippen LogP contribution in [0.2, 0.25) is 0 Å².